The first kappa shape index (κ1) is 28.8. The molecule has 0 radical (unpaired) electrons. The Bertz CT molecular complexity index is 894. The number of nitrogens with zero attached hydrogens (tertiary/aromatic N) is 2. The molecule has 1 aliphatic carbocycles. The van der Waals surface area contributed by atoms with Gasteiger partial charge >= 0.3 is 0 Å². The summed E-state index contributed by atoms with van der Waals surface area (Å²) < 4.78 is 5.82. The summed E-state index contributed by atoms with van der Waals surface area (Å²) in [5.74, 6) is 0.738. The van der Waals surface area contributed by atoms with E-state index in [1.807, 2.05) is 29.2 Å². The lowest BCUT2D eigenvalue weighted by Gasteiger charge is -2.52. The molecule has 0 bridgehead atoms. The first-order valence-electron chi connectivity index (χ1n) is 14.8. The van der Waals surface area contributed by atoms with Crippen LogP contribution in [0.2, 0.25) is 0 Å². The number of hydrogen-bond acceptors (Lipinski definition) is 6. The summed E-state index contributed by atoms with van der Waals surface area (Å²) in [6, 6.07) is 6.69. The van der Waals surface area contributed by atoms with Gasteiger partial charge in [0.2, 0.25) is 11.8 Å². The van der Waals surface area contributed by atoms with Crippen molar-refractivity contribution >= 4 is 11.8 Å². The Morgan fingerprint density at radius 2 is 1.74 bits per heavy atom. The van der Waals surface area contributed by atoms with Crippen LogP contribution in [0.5, 0.6) is 5.75 Å². The Morgan fingerprint density at radius 3 is 2.39 bits per heavy atom. The maximum atomic E-state index is 13.7. The zero-order valence-electron chi connectivity index (χ0n) is 23.1. The molecule has 8 nitrogen and oxygen atoms in total. The van der Waals surface area contributed by atoms with Crippen LogP contribution in [0.1, 0.15) is 83.1 Å². The van der Waals surface area contributed by atoms with Crippen LogP contribution in [0, 0.1) is 5.92 Å². The van der Waals surface area contributed by atoms with Gasteiger partial charge in [-0.05, 0) is 75.1 Å². The third-order valence-electron chi connectivity index (χ3n) is 8.89. The quantitative estimate of drug-likeness (QED) is 0.359. The Kier molecular flexibility index (Phi) is 10.4. The monoisotopic (exact) mass is 529 g/mol. The summed E-state index contributed by atoms with van der Waals surface area (Å²) in [7, 11) is 0. The van der Waals surface area contributed by atoms with Crippen molar-refractivity contribution in [3.63, 3.8) is 0 Å². The van der Waals surface area contributed by atoms with Crippen molar-refractivity contribution in [3.05, 3.63) is 29.8 Å². The van der Waals surface area contributed by atoms with E-state index in [0.717, 1.165) is 82.3 Å². The lowest BCUT2D eigenvalue weighted by atomic mass is 9.78. The molecule has 8 heteroatoms. The van der Waals surface area contributed by atoms with Crippen LogP contribution in [0.25, 0.3) is 0 Å². The van der Waals surface area contributed by atoms with Gasteiger partial charge in [0.25, 0.3) is 0 Å². The molecule has 2 saturated heterocycles. The molecule has 4 rings (SSSR count). The van der Waals surface area contributed by atoms with E-state index in [1.165, 1.54) is 6.42 Å². The fourth-order valence-corrected chi connectivity index (χ4v) is 6.42. The van der Waals surface area contributed by atoms with Gasteiger partial charge in [0.15, 0.2) is 0 Å². The van der Waals surface area contributed by atoms with Crippen LogP contribution in [-0.4, -0.2) is 82.3 Å². The van der Waals surface area contributed by atoms with Crippen molar-refractivity contribution in [2.24, 2.45) is 5.92 Å². The van der Waals surface area contributed by atoms with E-state index in [9.17, 15) is 14.7 Å². The molecule has 2 amide bonds. The van der Waals surface area contributed by atoms with Crippen LogP contribution < -0.4 is 10.1 Å². The maximum absolute atomic E-state index is 13.7. The molecular formula is C30H47N3O5. The number of amides is 2. The first-order valence-corrected chi connectivity index (χ1v) is 14.8. The minimum atomic E-state index is -0.814. The van der Waals surface area contributed by atoms with E-state index >= 15 is 0 Å². The molecule has 212 valence electrons. The van der Waals surface area contributed by atoms with Crippen LogP contribution in [0.15, 0.2) is 24.3 Å². The predicted molar refractivity (Wildman–Crippen MR) is 147 cm³/mol. The Balaban J connectivity index is 1.28. The van der Waals surface area contributed by atoms with Crippen LogP contribution >= 0.6 is 0 Å². The van der Waals surface area contributed by atoms with Gasteiger partial charge in [-0.3, -0.25) is 9.59 Å². The van der Waals surface area contributed by atoms with Gasteiger partial charge in [-0.15, -0.1) is 0 Å². The Hall–Kier alpha value is -2.16. The molecular weight excluding hydrogens is 482 g/mol. The number of aliphatic hydroxyl groups excluding tert-OH is 2. The Morgan fingerprint density at radius 1 is 1.03 bits per heavy atom. The number of carbonyl (C=O) groups excluding carboxylic acids is 2. The van der Waals surface area contributed by atoms with Crippen molar-refractivity contribution in [1.29, 1.82) is 0 Å². The molecule has 1 aromatic rings. The smallest absolute Gasteiger partial charge is 0.248 e. The van der Waals surface area contributed by atoms with Crippen LogP contribution in [0.4, 0.5) is 0 Å². The second kappa shape index (κ2) is 13.8. The van der Waals surface area contributed by atoms with Crippen LogP contribution in [0.3, 0.4) is 0 Å². The normalized spacial score (nSPS) is 23.4. The average molecular weight is 530 g/mol. The molecule has 1 aromatic carbocycles. The number of nitrogens with one attached hydrogen (secondary N) is 1. The number of hydrogen-bond donors (Lipinski definition) is 3. The van der Waals surface area contributed by atoms with E-state index in [1.54, 1.807) is 0 Å². The number of rotatable bonds is 12. The summed E-state index contributed by atoms with van der Waals surface area (Å²) in [6.45, 7) is 5.86. The number of carbonyl (C=O) groups is 2. The van der Waals surface area contributed by atoms with Gasteiger partial charge < -0.3 is 30.1 Å². The van der Waals surface area contributed by atoms with E-state index in [4.69, 9.17) is 9.84 Å². The minimum Gasteiger partial charge on any atom is -0.494 e. The van der Waals surface area contributed by atoms with Crippen molar-refractivity contribution < 1.29 is 24.5 Å². The lowest BCUT2D eigenvalue weighted by Crippen LogP contribution is -2.75. The molecule has 0 unspecified atom stereocenters. The fourth-order valence-electron chi connectivity index (χ4n) is 6.42. The van der Waals surface area contributed by atoms with Gasteiger partial charge in [0, 0.05) is 19.6 Å². The SMILES string of the molecule is CCCCN1C(=O)[C@@H]([C@H](O)C2CCCCC2)NC(=O)C12CCN(CCCCOc1ccc(CO)cc1)CC2. The molecule has 1 saturated carbocycles. The number of likely N-dealkylation sites (tertiary alicyclic amines) is 1. The highest BCUT2D eigenvalue weighted by molar-refractivity contribution is 6.00. The van der Waals surface area contributed by atoms with Crippen molar-refractivity contribution in [2.75, 3.05) is 32.8 Å². The molecule has 2 atom stereocenters. The maximum Gasteiger partial charge on any atom is 0.248 e. The zero-order chi connectivity index (χ0) is 27.0. The highest BCUT2D eigenvalue weighted by Gasteiger charge is 2.55. The topological polar surface area (TPSA) is 102 Å². The van der Waals surface area contributed by atoms with Crippen LogP contribution in [-0.2, 0) is 16.2 Å². The average Bonchev–Trinajstić information content (AvgIpc) is 2.96. The molecule has 2 aliphatic heterocycles. The third-order valence-corrected chi connectivity index (χ3v) is 8.89. The highest BCUT2D eigenvalue weighted by Crippen LogP contribution is 2.36. The summed E-state index contributed by atoms with van der Waals surface area (Å²) >= 11 is 0. The summed E-state index contributed by atoms with van der Waals surface area (Å²) in [6.07, 6.45) is 9.42. The van der Waals surface area contributed by atoms with E-state index in [2.05, 4.69) is 17.1 Å². The minimum absolute atomic E-state index is 0.0343. The second-order valence-electron chi connectivity index (χ2n) is 11.4. The molecule has 3 aliphatic rings. The summed E-state index contributed by atoms with van der Waals surface area (Å²) in [5.41, 5.74) is 0.0767. The highest BCUT2D eigenvalue weighted by atomic mass is 16.5. The largest absolute Gasteiger partial charge is 0.494 e. The molecule has 38 heavy (non-hydrogen) atoms. The number of ether oxygens (including phenoxy) is 1. The van der Waals surface area contributed by atoms with Crippen molar-refractivity contribution in [2.45, 2.75) is 102 Å². The number of unbranched alkanes of at least 4 members (excludes halogenated alkanes) is 2. The van der Waals surface area contributed by atoms with Gasteiger partial charge in [-0.1, -0.05) is 44.7 Å². The lowest BCUT2D eigenvalue weighted by molar-refractivity contribution is -0.165. The van der Waals surface area contributed by atoms with Crippen molar-refractivity contribution in [1.82, 2.24) is 15.1 Å². The number of piperazine rings is 1. The number of piperidine rings is 1. The van der Waals surface area contributed by atoms with E-state index in [-0.39, 0.29) is 24.3 Å². The summed E-state index contributed by atoms with van der Waals surface area (Å²) in [5, 5.41) is 23.2. The van der Waals surface area contributed by atoms with Gasteiger partial charge in [0.05, 0.1) is 19.3 Å². The number of aliphatic hydroxyl groups is 2. The molecule has 1 spiro atoms. The van der Waals surface area contributed by atoms with Gasteiger partial charge in [0.1, 0.15) is 17.3 Å². The third kappa shape index (κ3) is 6.69. The molecule has 3 N–H and O–H groups in total. The molecule has 2 heterocycles. The van der Waals surface area contributed by atoms with Gasteiger partial charge in [-0.25, -0.2) is 0 Å². The second-order valence-corrected chi connectivity index (χ2v) is 11.4. The zero-order valence-corrected chi connectivity index (χ0v) is 23.1. The molecule has 0 aromatic heterocycles. The number of benzene rings is 1. The van der Waals surface area contributed by atoms with Gasteiger partial charge in [-0.2, -0.15) is 0 Å². The van der Waals surface area contributed by atoms with E-state index < -0.39 is 17.7 Å². The first-order chi connectivity index (χ1) is 18.5. The summed E-state index contributed by atoms with van der Waals surface area (Å²) in [4.78, 5) is 31.6. The Labute approximate surface area is 227 Å². The van der Waals surface area contributed by atoms with E-state index in [0.29, 0.717) is 26.0 Å². The van der Waals surface area contributed by atoms with Crippen molar-refractivity contribution in [3.8, 4) is 5.75 Å². The predicted octanol–water partition coefficient (Wildman–Crippen LogP) is 3.24. The molecule has 3 fully saturated rings. The standard InChI is InChI=1S/C30H47N3O5/c1-2-3-18-33-28(36)26(27(35)24-9-5-4-6-10-24)31-29(37)30(33)15-19-32(20-16-30)17-7-8-21-38-25-13-11-23(22-34)12-14-25/h11-14,24,26-27,34-35H,2-10,15-22H2,1H3,(H,31,37)/t26-,27-/m1/s1. The fraction of sp³-hybridized carbons (Fsp3) is 0.733.